The van der Waals surface area contributed by atoms with Crippen molar-refractivity contribution in [3.63, 3.8) is 0 Å². The lowest BCUT2D eigenvalue weighted by Crippen LogP contribution is -1.98. The van der Waals surface area contributed by atoms with E-state index in [0.717, 1.165) is 12.2 Å². The summed E-state index contributed by atoms with van der Waals surface area (Å²) in [6.07, 6.45) is 0.989. The maximum absolute atomic E-state index is 13.6. The van der Waals surface area contributed by atoms with Crippen molar-refractivity contribution in [3.8, 4) is 5.75 Å². The first kappa shape index (κ1) is 12.9. The molecule has 0 saturated carbocycles. The van der Waals surface area contributed by atoms with Crippen LogP contribution in [0.4, 0.5) is 4.39 Å². The fourth-order valence-electron chi connectivity index (χ4n) is 1.64. The van der Waals surface area contributed by atoms with Gasteiger partial charge < -0.3 is 4.74 Å². The average molecular weight is 265 g/mol. The Balaban J connectivity index is 2.04. The zero-order chi connectivity index (χ0) is 13.0. The van der Waals surface area contributed by atoms with Gasteiger partial charge in [-0.15, -0.1) is 0 Å². The highest BCUT2D eigenvalue weighted by Crippen LogP contribution is 2.20. The first-order valence-corrected chi connectivity index (χ1v) is 6.23. The van der Waals surface area contributed by atoms with E-state index in [1.807, 2.05) is 24.3 Å². The Morgan fingerprint density at radius 2 is 1.83 bits per heavy atom. The highest BCUT2D eigenvalue weighted by atomic mass is 35.5. The van der Waals surface area contributed by atoms with Crippen molar-refractivity contribution in [1.29, 1.82) is 0 Å². The highest BCUT2D eigenvalue weighted by Gasteiger charge is 2.06. The summed E-state index contributed by atoms with van der Waals surface area (Å²) in [6.45, 7) is 2.27. The summed E-state index contributed by atoms with van der Waals surface area (Å²) in [7, 11) is 0. The summed E-state index contributed by atoms with van der Waals surface area (Å²) in [4.78, 5) is 0. The smallest absolute Gasteiger partial charge is 0.148 e. The summed E-state index contributed by atoms with van der Waals surface area (Å²) in [5, 5.41) is 0.123. The van der Waals surface area contributed by atoms with Crippen molar-refractivity contribution < 1.29 is 9.13 Å². The number of rotatable bonds is 4. The Morgan fingerprint density at radius 3 is 2.50 bits per heavy atom. The number of aryl methyl sites for hydroxylation is 1. The van der Waals surface area contributed by atoms with Crippen molar-refractivity contribution in [3.05, 3.63) is 64.4 Å². The van der Waals surface area contributed by atoms with Gasteiger partial charge in [-0.25, -0.2) is 4.39 Å². The Kier molecular flexibility index (Phi) is 4.21. The number of hydrogen-bond acceptors (Lipinski definition) is 1. The molecule has 0 radical (unpaired) electrons. The molecule has 0 bridgehead atoms. The van der Waals surface area contributed by atoms with Crippen LogP contribution < -0.4 is 4.74 Å². The van der Waals surface area contributed by atoms with Crippen LogP contribution in [0.5, 0.6) is 5.75 Å². The lowest BCUT2D eigenvalue weighted by atomic mass is 10.2. The molecule has 0 atom stereocenters. The Hall–Kier alpha value is -1.54. The molecule has 2 aromatic rings. The van der Waals surface area contributed by atoms with E-state index in [1.54, 1.807) is 12.1 Å². The van der Waals surface area contributed by atoms with E-state index >= 15 is 0 Å². The first-order valence-electron chi connectivity index (χ1n) is 5.85. The highest BCUT2D eigenvalue weighted by molar-refractivity contribution is 6.30. The number of ether oxygens (including phenoxy) is 1. The van der Waals surface area contributed by atoms with Crippen LogP contribution in [0.3, 0.4) is 0 Å². The van der Waals surface area contributed by atoms with Crippen LogP contribution >= 0.6 is 11.6 Å². The van der Waals surface area contributed by atoms with E-state index in [9.17, 15) is 4.39 Å². The van der Waals surface area contributed by atoms with Crippen LogP contribution in [0.2, 0.25) is 5.02 Å². The molecule has 1 nitrogen and oxygen atoms in total. The normalized spacial score (nSPS) is 10.4. The summed E-state index contributed by atoms with van der Waals surface area (Å²) >= 11 is 5.70. The van der Waals surface area contributed by atoms with E-state index in [0.29, 0.717) is 5.56 Å². The van der Waals surface area contributed by atoms with Gasteiger partial charge in [0.15, 0.2) is 0 Å². The van der Waals surface area contributed by atoms with Gasteiger partial charge in [-0.1, -0.05) is 42.8 Å². The van der Waals surface area contributed by atoms with E-state index in [-0.39, 0.29) is 11.6 Å². The summed E-state index contributed by atoms with van der Waals surface area (Å²) in [6, 6.07) is 12.7. The molecule has 0 aromatic heterocycles. The maximum Gasteiger partial charge on any atom is 0.148 e. The van der Waals surface area contributed by atoms with E-state index in [2.05, 4.69) is 6.92 Å². The Morgan fingerprint density at radius 1 is 1.11 bits per heavy atom. The largest absolute Gasteiger partial charge is 0.489 e. The SMILES string of the molecule is CCc1ccc(OCc2cccc(Cl)c2F)cc1. The van der Waals surface area contributed by atoms with Crippen molar-refractivity contribution in [2.45, 2.75) is 20.0 Å². The third-order valence-electron chi connectivity index (χ3n) is 2.76. The monoisotopic (exact) mass is 264 g/mol. The molecule has 0 aliphatic carbocycles. The number of hydrogen-bond donors (Lipinski definition) is 0. The quantitative estimate of drug-likeness (QED) is 0.783. The molecule has 0 aliphatic heterocycles. The molecule has 94 valence electrons. The standard InChI is InChI=1S/C15H14ClFO/c1-2-11-6-8-13(9-7-11)18-10-12-4-3-5-14(16)15(12)17/h3-9H,2,10H2,1H3. The van der Waals surface area contributed by atoms with E-state index in [1.165, 1.54) is 11.6 Å². The second-order valence-electron chi connectivity index (χ2n) is 4.00. The van der Waals surface area contributed by atoms with Crippen LogP contribution in [0.25, 0.3) is 0 Å². The number of halogens is 2. The molecule has 0 N–H and O–H groups in total. The van der Waals surface area contributed by atoms with Gasteiger partial charge in [0.05, 0.1) is 5.02 Å². The minimum Gasteiger partial charge on any atom is -0.489 e. The van der Waals surface area contributed by atoms with Crippen molar-refractivity contribution in [2.24, 2.45) is 0 Å². The average Bonchev–Trinajstić information content (AvgIpc) is 2.41. The molecule has 18 heavy (non-hydrogen) atoms. The van der Waals surface area contributed by atoms with Gasteiger partial charge in [-0.3, -0.25) is 0 Å². The van der Waals surface area contributed by atoms with Gasteiger partial charge in [-0.2, -0.15) is 0 Å². The van der Waals surface area contributed by atoms with E-state index < -0.39 is 5.82 Å². The number of benzene rings is 2. The van der Waals surface area contributed by atoms with Gasteiger partial charge in [0, 0.05) is 5.56 Å². The molecular weight excluding hydrogens is 251 g/mol. The molecule has 3 heteroatoms. The predicted molar refractivity (Wildman–Crippen MR) is 71.6 cm³/mol. The fourth-order valence-corrected chi connectivity index (χ4v) is 1.84. The van der Waals surface area contributed by atoms with Crippen molar-refractivity contribution in [1.82, 2.24) is 0 Å². The second-order valence-corrected chi connectivity index (χ2v) is 4.41. The predicted octanol–water partition coefficient (Wildman–Crippen LogP) is 4.62. The minimum absolute atomic E-state index is 0.123. The third kappa shape index (κ3) is 3.02. The summed E-state index contributed by atoms with van der Waals surface area (Å²) < 4.78 is 19.1. The van der Waals surface area contributed by atoms with Crippen LogP contribution in [-0.2, 0) is 13.0 Å². The zero-order valence-electron chi connectivity index (χ0n) is 10.1. The zero-order valence-corrected chi connectivity index (χ0v) is 10.9. The molecule has 2 aromatic carbocycles. The van der Waals surface area contributed by atoms with Crippen LogP contribution in [0, 0.1) is 5.82 Å². The summed E-state index contributed by atoms with van der Waals surface area (Å²) in [5.74, 6) is 0.316. The summed E-state index contributed by atoms with van der Waals surface area (Å²) in [5.41, 5.74) is 1.71. The Bertz CT molecular complexity index is 523. The molecule has 0 aliphatic rings. The molecule has 0 heterocycles. The first-order chi connectivity index (χ1) is 8.70. The van der Waals surface area contributed by atoms with Gasteiger partial charge in [0.1, 0.15) is 18.2 Å². The second kappa shape index (κ2) is 5.87. The molecule has 0 fully saturated rings. The van der Waals surface area contributed by atoms with Gasteiger partial charge in [-0.05, 0) is 30.2 Å². The Labute approximate surface area is 111 Å². The van der Waals surface area contributed by atoms with Gasteiger partial charge in [0.25, 0.3) is 0 Å². The van der Waals surface area contributed by atoms with Crippen LogP contribution in [0.15, 0.2) is 42.5 Å². The topological polar surface area (TPSA) is 9.23 Å². The van der Waals surface area contributed by atoms with Crippen molar-refractivity contribution >= 4 is 11.6 Å². The van der Waals surface area contributed by atoms with Crippen molar-refractivity contribution in [2.75, 3.05) is 0 Å². The molecule has 2 rings (SSSR count). The van der Waals surface area contributed by atoms with Gasteiger partial charge in [0.2, 0.25) is 0 Å². The molecule has 0 amide bonds. The van der Waals surface area contributed by atoms with Gasteiger partial charge >= 0.3 is 0 Å². The molecule has 0 unspecified atom stereocenters. The van der Waals surface area contributed by atoms with Crippen LogP contribution in [-0.4, -0.2) is 0 Å². The maximum atomic E-state index is 13.6. The molecular formula is C15H14ClFO. The third-order valence-corrected chi connectivity index (χ3v) is 3.05. The molecule has 0 spiro atoms. The lowest BCUT2D eigenvalue weighted by molar-refractivity contribution is 0.300. The minimum atomic E-state index is -0.413. The van der Waals surface area contributed by atoms with Crippen LogP contribution in [0.1, 0.15) is 18.1 Å². The fraction of sp³-hybridized carbons (Fsp3) is 0.200. The molecule has 0 saturated heterocycles. The van der Waals surface area contributed by atoms with E-state index in [4.69, 9.17) is 16.3 Å². The lowest BCUT2D eigenvalue weighted by Gasteiger charge is -2.08.